The fraction of sp³-hybridized carbons (Fsp3) is 0.209. The number of aryl methyl sites for hydroxylation is 1. The summed E-state index contributed by atoms with van der Waals surface area (Å²) in [6.45, 7) is 3.63. The predicted octanol–water partition coefficient (Wildman–Crippen LogP) is 8.82. The van der Waals surface area contributed by atoms with E-state index in [1.54, 1.807) is 0 Å². The zero-order chi connectivity index (χ0) is 34.2. The number of rotatable bonds is 13. The van der Waals surface area contributed by atoms with Crippen LogP contribution in [0.5, 0.6) is 5.75 Å². The van der Waals surface area contributed by atoms with Crippen molar-refractivity contribution in [3.63, 3.8) is 0 Å². The summed E-state index contributed by atoms with van der Waals surface area (Å²) >= 11 is 2.04. The molecule has 1 unspecified atom stereocenters. The Balaban J connectivity index is 0.958. The van der Waals surface area contributed by atoms with Crippen LogP contribution in [0.4, 0.5) is 0 Å². The lowest BCUT2D eigenvalue weighted by Gasteiger charge is -2.43. The third-order valence-electron chi connectivity index (χ3n) is 9.25. The van der Waals surface area contributed by atoms with E-state index < -0.39 is 0 Å². The summed E-state index contributed by atoms with van der Waals surface area (Å²) in [5, 5.41) is 4.75. The van der Waals surface area contributed by atoms with Crippen molar-refractivity contribution in [2.45, 2.75) is 24.1 Å². The van der Waals surface area contributed by atoms with Gasteiger partial charge in [-0.2, -0.15) is 0 Å². The molecular formula is C43H42N4O2S. The number of nitrogens with zero attached hydrogens (tertiary/aromatic N) is 4. The molecule has 1 aromatic heterocycles. The van der Waals surface area contributed by atoms with Gasteiger partial charge in [0.25, 0.3) is 0 Å². The van der Waals surface area contributed by atoms with E-state index in [4.69, 9.17) is 14.6 Å². The number of hydrogen-bond donors (Lipinski definition) is 0. The standard InChI is InChI=1S/C43H42N4O2S/c1-33(41-31-46(2)42(44-41)35-15-7-3-8-16-35)45-49-28-27-48-39-25-23-34(24-26-39)29-40-30-47(32-50-40)43(36-17-9-4-10-18-36,37-19-11-5-12-20-37)38-21-13-6-14-22-38/h3-26,31,40H,27-30,32H2,1-2H3. The predicted molar refractivity (Wildman–Crippen MR) is 205 cm³/mol. The quantitative estimate of drug-likeness (QED) is 0.0529. The lowest BCUT2D eigenvalue weighted by atomic mass is 9.75. The lowest BCUT2D eigenvalue weighted by Crippen LogP contribution is -2.47. The van der Waals surface area contributed by atoms with Crippen LogP contribution < -0.4 is 4.74 Å². The first-order valence-corrected chi connectivity index (χ1v) is 18.2. The molecule has 50 heavy (non-hydrogen) atoms. The molecule has 0 saturated carbocycles. The first-order chi connectivity index (χ1) is 24.6. The van der Waals surface area contributed by atoms with Crippen molar-refractivity contribution in [3.05, 3.63) is 180 Å². The van der Waals surface area contributed by atoms with Crippen LogP contribution in [0.25, 0.3) is 11.4 Å². The zero-order valence-electron chi connectivity index (χ0n) is 28.6. The van der Waals surface area contributed by atoms with Crippen LogP contribution in [-0.4, -0.2) is 51.0 Å². The maximum Gasteiger partial charge on any atom is 0.151 e. The Morgan fingerprint density at radius 3 is 1.90 bits per heavy atom. The van der Waals surface area contributed by atoms with Gasteiger partial charge in [-0.25, -0.2) is 4.98 Å². The highest BCUT2D eigenvalue weighted by atomic mass is 32.2. The minimum atomic E-state index is -0.378. The monoisotopic (exact) mass is 678 g/mol. The maximum absolute atomic E-state index is 5.98. The molecule has 7 rings (SSSR count). The Bertz CT molecular complexity index is 1890. The number of thioether (sulfide) groups is 1. The largest absolute Gasteiger partial charge is 0.490 e. The molecule has 252 valence electrons. The Kier molecular flexibility index (Phi) is 10.4. The summed E-state index contributed by atoms with van der Waals surface area (Å²) in [6, 6.07) is 51.5. The zero-order valence-corrected chi connectivity index (χ0v) is 29.4. The van der Waals surface area contributed by atoms with Gasteiger partial charge in [0.2, 0.25) is 0 Å². The van der Waals surface area contributed by atoms with Crippen molar-refractivity contribution in [3.8, 4) is 17.1 Å². The number of aromatic nitrogens is 2. The van der Waals surface area contributed by atoms with E-state index in [0.717, 1.165) is 47.4 Å². The van der Waals surface area contributed by atoms with Crippen molar-refractivity contribution in [1.29, 1.82) is 0 Å². The normalized spacial score (nSPS) is 15.2. The summed E-state index contributed by atoms with van der Waals surface area (Å²) in [5.41, 5.74) is 7.38. The molecule has 7 heteroatoms. The van der Waals surface area contributed by atoms with Crippen LogP contribution in [0.15, 0.2) is 157 Å². The lowest BCUT2D eigenvalue weighted by molar-refractivity contribution is 0.107. The van der Waals surface area contributed by atoms with Gasteiger partial charge in [0.1, 0.15) is 29.6 Å². The van der Waals surface area contributed by atoms with Gasteiger partial charge in [-0.15, -0.1) is 11.8 Å². The fourth-order valence-corrected chi connectivity index (χ4v) is 8.14. The van der Waals surface area contributed by atoms with Gasteiger partial charge < -0.3 is 14.1 Å². The fourth-order valence-electron chi connectivity index (χ4n) is 6.86. The van der Waals surface area contributed by atoms with Crippen LogP contribution >= 0.6 is 11.8 Å². The van der Waals surface area contributed by atoms with E-state index in [9.17, 15) is 0 Å². The smallest absolute Gasteiger partial charge is 0.151 e. The number of hydrogen-bond acceptors (Lipinski definition) is 6. The summed E-state index contributed by atoms with van der Waals surface area (Å²) in [7, 11) is 1.99. The van der Waals surface area contributed by atoms with Crippen LogP contribution in [0.3, 0.4) is 0 Å². The highest BCUT2D eigenvalue weighted by Gasteiger charge is 2.45. The molecule has 1 fully saturated rings. The van der Waals surface area contributed by atoms with E-state index in [2.05, 4.69) is 137 Å². The van der Waals surface area contributed by atoms with Crippen molar-refractivity contribution in [2.75, 3.05) is 25.6 Å². The Hall–Kier alpha value is -5.11. The Labute approximate surface area is 299 Å². The Morgan fingerprint density at radius 2 is 1.32 bits per heavy atom. The molecule has 1 saturated heterocycles. The molecule has 0 spiro atoms. The van der Waals surface area contributed by atoms with Gasteiger partial charge in [-0.1, -0.05) is 139 Å². The second-order valence-corrected chi connectivity index (χ2v) is 13.8. The van der Waals surface area contributed by atoms with Crippen LogP contribution in [0, 0.1) is 0 Å². The summed E-state index contributed by atoms with van der Waals surface area (Å²) in [4.78, 5) is 13.0. The highest BCUT2D eigenvalue weighted by molar-refractivity contribution is 8.00. The average molecular weight is 679 g/mol. The molecule has 1 atom stereocenters. The average Bonchev–Trinajstić information content (AvgIpc) is 3.81. The van der Waals surface area contributed by atoms with Crippen LogP contribution in [0.1, 0.15) is 34.9 Å². The summed E-state index contributed by atoms with van der Waals surface area (Å²) in [6.07, 6.45) is 2.96. The van der Waals surface area contributed by atoms with Crippen molar-refractivity contribution in [2.24, 2.45) is 12.2 Å². The molecule has 6 aromatic rings. The number of benzene rings is 5. The number of imidazole rings is 1. The van der Waals surface area contributed by atoms with Crippen LogP contribution in [0.2, 0.25) is 0 Å². The molecule has 5 aromatic carbocycles. The molecule has 0 aliphatic carbocycles. The number of oxime groups is 1. The minimum Gasteiger partial charge on any atom is -0.490 e. The van der Waals surface area contributed by atoms with Gasteiger partial charge >= 0.3 is 0 Å². The third kappa shape index (κ3) is 7.25. The molecule has 0 N–H and O–H groups in total. The molecule has 6 nitrogen and oxygen atoms in total. The van der Waals surface area contributed by atoms with Gasteiger partial charge in [0.15, 0.2) is 6.61 Å². The van der Waals surface area contributed by atoms with E-state index in [1.807, 2.05) is 54.7 Å². The molecule has 1 aliphatic heterocycles. The topological polar surface area (TPSA) is 51.9 Å². The van der Waals surface area contributed by atoms with E-state index in [-0.39, 0.29) is 5.54 Å². The summed E-state index contributed by atoms with van der Waals surface area (Å²) < 4.78 is 7.99. The van der Waals surface area contributed by atoms with Crippen molar-refractivity contribution in [1.82, 2.24) is 14.5 Å². The number of ether oxygens (including phenoxy) is 1. The first-order valence-electron chi connectivity index (χ1n) is 17.1. The molecule has 0 radical (unpaired) electrons. The van der Waals surface area contributed by atoms with Crippen molar-refractivity contribution >= 4 is 17.5 Å². The van der Waals surface area contributed by atoms with Crippen LogP contribution in [-0.2, 0) is 23.8 Å². The van der Waals surface area contributed by atoms with Gasteiger partial charge in [0.05, 0.1) is 5.54 Å². The van der Waals surface area contributed by atoms with Gasteiger partial charge in [-0.3, -0.25) is 4.90 Å². The first kappa shape index (κ1) is 33.4. The van der Waals surface area contributed by atoms with Crippen molar-refractivity contribution < 1.29 is 9.57 Å². The third-order valence-corrected chi connectivity index (χ3v) is 10.5. The molecule has 0 amide bonds. The van der Waals surface area contributed by atoms with Gasteiger partial charge in [-0.05, 0) is 47.7 Å². The van der Waals surface area contributed by atoms with E-state index in [1.165, 1.54) is 22.3 Å². The molecule has 0 bridgehead atoms. The van der Waals surface area contributed by atoms with E-state index >= 15 is 0 Å². The highest BCUT2D eigenvalue weighted by Crippen LogP contribution is 2.46. The van der Waals surface area contributed by atoms with Gasteiger partial charge in [0, 0.05) is 36.5 Å². The van der Waals surface area contributed by atoms with E-state index in [0.29, 0.717) is 18.5 Å². The summed E-state index contributed by atoms with van der Waals surface area (Å²) in [5.74, 6) is 2.67. The second-order valence-electron chi connectivity index (χ2n) is 12.6. The second kappa shape index (κ2) is 15.6. The molecular weight excluding hydrogens is 637 g/mol. The molecule has 1 aliphatic rings. The molecule has 2 heterocycles. The maximum atomic E-state index is 5.98. The Morgan fingerprint density at radius 1 is 0.760 bits per heavy atom. The SMILES string of the molecule is CC(=NOCCOc1ccc(CC2CN(C(c3ccccc3)(c3ccccc3)c3ccccc3)CS2)cc1)c1cn(C)c(-c2ccccc2)n1. The minimum absolute atomic E-state index is 0.345.